The number of aromatic nitrogens is 4. The second-order valence-corrected chi connectivity index (χ2v) is 7.25. The zero-order valence-corrected chi connectivity index (χ0v) is 16.6. The van der Waals surface area contributed by atoms with Crippen LogP contribution in [0.4, 0.5) is 0 Å². The molecule has 0 radical (unpaired) electrons. The standard InChI is InChI=1S/C23H16N4O2S/c28-20(17-10-4-1-5-11-17)16-21(22(29)18-12-6-2-7-13-18)30-23-24-25-26-27(23)19-14-8-3-9-15-19/h1-16H/b21-16-. The summed E-state index contributed by atoms with van der Waals surface area (Å²) in [5.41, 5.74) is 1.74. The van der Waals surface area contributed by atoms with Crippen molar-refractivity contribution in [3.8, 4) is 5.69 Å². The van der Waals surface area contributed by atoms with E-state index in [0.29, 0.717) is 16.3 Å². The summed E-state index contributed by atoms with van der Waals surface area (Å²) in [4.78, 5) is 26.2. The summed E-state index contributed by atoms with van der Waals surface area (Å²) in [6, 6.07) is 27.0. The van der Waals surface area contributed by atoms with Crippen LogP contribution in [-0.2, 0) is 0 Å². The van der Waals surface area contributed by atoms with Crippen LogP contribution in [0.15, 0.2) is 107 Å². The molecule has 6 nitrogen and oxygen atoms in total. The van der Waals surface area contributed by atoms with Gasteiger partial charge in [-0.05, 0) is 34.3 Å². The minimum absolute atomic E-state index is 0.238. The number of benzene rings is 3. The Bertz CT molecular complexity index is 1190. The molecule has 1 heterocycles. The molecule has 0 bridgehead atoms. The Hall–Kier alpha value is -3.84. The van der Waals surface area contributed by atoms with Gasteiger partial charge in [0.25, 0.3) is 0 Å². The van der Waals surface area contributed by atoms with E-state index in [1.165, 1.54) is 10.8 Å². The number of carbonyl (C=O) groups is 2. The zero-order chi connectivity index (χ0) is 20.8. The van der Waals surface area contributed by atoms with E-state index in [2.05, 4.69) is 15.5 Å². The lowest BCUT2D eigenvalue weighted by Gasteiger charge is -2.07. The van der Waals surface area contributed by atoms with Crippen molar-refractivity contribution in [1.29, 1.82) is 0 Å². The number of carbonyl (C=O) groups excluding carboxylic acids is 2. The Morgan fingerprint density at radius 2 is 1.33 bits per heavy atom. The van der Waals surface area contributed by atoms with Gasteiger partial charge in [0.2, 0.25) is 5.16 Å². The van der Waals surface area contributed by atoms with Gasteiger partial charge >= 0.3 is 0 Å². The first-order chi connectivity index (χ1) is 14.7. The minimum Gasteiger partial charge on any atom is -0.289 e. The summed E-state index contributed by atoms with van der Waals surface area (Å²) < 4.78 is 1.53. The Labute approximate surface area is 177 Å². The number of tetrazole rings is 1. The van der Waals surface area contributed by atoms with Gasteiger partial charge in [-0.15, -0.1) is 5.10 Å². The molecular formula is C23H16N4O2S. The van der Waals surface area contributed by atoms with Gasteiger partial charge in [0.1, 0.15) is 0 Å². The fourth-order valence-corrected chi connectivity index (χ4v) is 3.63. The molecule has 0 spiro atoms. The maximum Gasteiger partial charge on any atom is 0.219 e. The second kappa shape index (κ2) is 9.11. The van der Waals surface area contributed by atoms with Crippen LogP contribution in [0.5, 0.6) is 0 Å². The van der Waals surface area contributed by atoms with Crippen LogP contribution in [0.3, 0.4) is 0 Å². The minimum atomic E-state index is -0.271. The normalized spacial score (nSPS) is 11.3. The number of hydrogen-bond acceptors (Lipinski definition) is 6. The van der Waals surface area contributed by atoms with Crippen LogP contribution in [0.1, 0.15) is 20.7 Å². The van der Waals surface area contributed by atoms with Crippen LogP contribution in [0.2, 0.25) is 0 Å². The molecule has 7 heteroatoms. The molecule has 0 fully saturated rings. The molecular weight excluding hydrogens is 396 g/mol. The van der Waals surface area contributed by atoms with Crippen LogP contribution in [0, 0.1) is 0 Å². The average Bonchev–Trinajstić information content (AvgIpc) is 3.28. The lowest BCUT2D eigenvalue weighted by Crippen LogP contribution is -2.06. The van der Waals surface area contributed by atoms with Crippen molar-refractivity contribution >= 4 is 23.3 Å². The molecule has 0 unspecified atom stereocenters. The molecule has 0 aliphatic rings. The Morgan fingerprint density at radius 1 is 0.767 bits per heavy atom. The second-order valence-electron chi connectivity index (χ2n) is 6.24. The molecule has 146 valence electrons. The van der Waals surface area contributed by atoms with Crippen molar-refractivity contribution < 1.29 is 9.59 Å². The number of para-hydroxylation sites is 1. The average molecular weight is 412 g/mol. The molecule has 4 rings (SSSR count). The lowest BCUT2D eigenvalue weighted by atomic mass is 10.1. The number of rotatable bonds is 7. The maximum atomic E-state index is 13.2. The highest BCUT2D eigenvalue weighted by atomic mass is 32.2. The van der Waals surface area contributed by atoms with Gasteiger partial charge in [0.15, 0.2) is 11.6 Å². The molecule has 4 aromatic rings. The highest BCUT2D eigenvalue weighted by molar-refractivity contribution is 8.03. The molecule has 0 aliphatic carbocycles. The van der Waals surface area contributed by atoms with Crippen molar-refractivity contribution in [2.45, 2.75) is 5.16 Å². The molecule has 0 aliphatic heterocycles. The number of ketones is 2. The molecule has 0 saturated heterocycles. The van der Waals surface area contributed by atoms with Gasteiger partial charge in [0.05, 0.1) is 10.6 Å². The van der Waals surface area contributed by atoms with Crippen molar-refractivity contribution in [2.24, 2.45) is 0 Å². The van der Waals surface area contributed by atoms with E-state index in [4.69, 9.17) is 0 Å². The fraction of sp³-hybridized carbons (Fsp3) is 0. The molecule has 1 aromatic heterocycles. The summed E-state index contributed by atoms with van der Waals surface area (Å²) in [5.74, 6) is -0.534. The number of allylic oxidation sites excluding steroid dienone is 2. The van der Waals surface area contributed by atoms with Crippen molar-refractivity contribution in [3.05, 3.63) is 113 Å². The predicted octanol–water partition coefficient (Wildman–Crippen LogP) is 4.40. The number of Topliss-reactive ketones (excluding diaryl/α,β-unsaturated/α-hetero) is 1. The first kappa shape index (κ1) is 19.5. The first-order valence-electron chi connectivity index (χ1n) is 9.15. The summed E-state index contributed by atoms with van der Waals surface area (Å²) in [6.07, 6.45) is 1.35. The van der Waals surface area contributed by atoms with E-state index < -0.39 is 0 Å². The summed E-state index contributed by atoms with van der Waals surface area (Å²) >= 11 is 1.06. The number of nitrogens with zero attached hydrogens (tertiary/aromatic N) is 4. The SMILES string of the molecule is O=C(/C=C(\Sc1nnnn1-c1ccccc1)C(=O)c1ccccc1)c1ccccc1. The van der Waals surface area contributed by atoms with E-state index >= 15 is 0 Å². The van der Waals surface area contributed by atoms with Crippen molar-refractivity contribution in [2.75, 3.05) is 0 Å². The molecule has 30 heavy (non-hydrogen) atoms. The summed E-state index contributed by atoms with van der Waals surface area (Å²) in [7, 11) is 0. The van der Waals surface area contributed by atoms with E-state index in [0.717, 1.165) is 17.4 Å². The Kier molecular flexibility index (Phi) is 5.91. The first-order valence-corrected chi connectivity index (χ1v) is 9.96. The molecule has 0 saturated carbocycles. The van der Waals surface area contributed by atoms with Crippen LogP contribution in [0.25, 0.3) is 5.69 Å². The van der Waals surface area contributed by atoms with Gasteiger partial charge < -0.3 is 0 Å². The third kappa shape index (κ3) is 4.42. The number of thioether (sulfide) groups is 1. The van der Waals surface area contributed by atoms with Gasteiger partial charge in [-0.2, -0.15) is 4.68 Å². The third-order valence-corrected chi connectivity index (χ3v) is 5.18. The van der Waals surface area contributed by atoms with E-state index in [1.807, 2.05) is 42.5 Å². The maximum absolute atomic E-state index is 13.2. The quantitative estimate of drug-likeness (QED) is 0.254. The van der Waals surface area contributed by atoms with Gasteiger partial charge in [-0.3, -0.25) is 9.59 Å². The largest absolute Gasteiger partial charge is 0.289 e. The van der Waals surface area contributed by atoms with E-state index in [-0.39, 0.29) is 16.5 Å². The summed E-state index contributed by atoms with van der Waals surface area (Å²) in [6.45, 7) is 0. The molecule has 0 amide bonds. The Balaban J connectivity index is 1.72. The van der Waals surface area contributed by atoms with Crippen LogP contribution < -0.4 is 0 Å². The topological polar surface area (TPSA) is 77.7 Å². The van der Waals surface area contributed by atoms with Crippen molar-refractivity contribution in [1.82, 2.24) is 20.2 Å². The highest BCUT2D eigenvalue weighted by Gasteiger charge is 2.20. The summed E-state index contributed by atoms with van der Waals surface area (Å²) in [5, 5.41) is 12.2. The predicted molar refractivity (Wildman–Crippen MR) is 115 cm³/mol. The van der Waals surface area contributed by atoms with E-state index in [9.17, 15) is 9.59 Å². The van der Waals surface area contributed by atoms with Crippen molar-refractivity contribution in [3.63, 3.8) is 0 Å². The smallest absolute Gasteiger partial charge is 0.219 e. The highest BCUT2D eigenvalue weighted by Crippen LogP contribution is 2.29. The molecule has 0 atom stereocenters. The number of hydrogen-bond donors (Lipinski definition) is 0. The fourth-order valence-electron chi connectivity index (χ4n) is 2.75. The molecule has 3 aromatic carbocycles. The molecule has 0 N–H and O–H groups in total. The van der Waals surface area contributed by atoms with Crippen LogP contribution >= 0.6 is 11.8 Å². The van der Waals surface area contributed by atoms with Gasteiger partial charge in [0, 0.05) is 17.2 Å². The monoisotopic (exact) mass is 412 g/mol. The third-order valence-electron chi connectivity index (χ3n) is 4.22. The van der Waals surface area contributed by atoms with E-state index in [1.54, 1.807) is 48.5 Å². The van der Waals surface area contributed by atoms with Gasteiger partial charge in [-0.25, -0.2) is 0 Å². The lowest BCUT2D eigenvalue weighted by molar-refractivity contribution is 0.101. The van der Waals surface area contributed by atoms with Gasteiger partial charge in [-0.1, -0.05) is 78.9 Å². The zero-order valence-electron chi connectivity index (χ0n) is 15.8. The van der Waals surface area contributed by atoms with Crippen LogP contribution in [-0.4, -0.2) is 31.8 Å². The Morgan fingerprint density at radius 3 is 1.97 bits per heavy atom.